The van der Waals surface area contributed by atoms with Crippen LogP contribution >= 0.6 is 0 Å². The molecule has 0 aliphatic carbocycles. The molecule has 1 aromatic rings. The number of hydrogen-bond donors (Lipinski definition) is 1. The third kappa shape index (κ3) is 4.00. The van der Waals surface area contributed by atoms with Crippen LogP contribution in [0.2, 0.25) is 0 Å². The molecule has 0 unspecified atom stereocenters. The molecule has 2 heterocycles. The van der Waals surface area contributed by atoms with Gasteiger partial charge in [-0.2, -0.15) is 0 Å². The highest BCUT2D eigenvalue weighted by Crippen LogP contribution is 1.95. The predicted octanol–water partition coefficient (Wildman–Crippen LogP) is 0.505. The molecule has 0 radical (unpaired) electrons. The molecule has 2 rings (SSSR count). The molecule has 68 valence electrons. The standard InChI is InChI=1S/C5H5N.C4H5NO2/c1-2-4-6-5-3-1;6-3-1-2-4(7)5-3/h1-5H;1-2H2,(H,5,6,7). The third-order valence-electron chi connectivity index (χ3n) is 1.42. The Morgan fingerprint density at radius 1 is 1.00 bits per heavy atom. The summed E-state index contributed by atoms with van der Waals surface area (Å²) in [5.74, 6) is -0.296. The molecule has 0 aromatic carbocycles. The maximum Gasteiger partial charge on any atom is 0.227 e. The molecule has 13 heavy (non-hydrogen) atoms. The molecule has 1 aliphatic rings. The summed E-state index contributed by atoms with van der Waals surface area (Å²) in [6.07, 6.45) is 4.25. The van der Waals surface area contributed by atoms with Crippen LogP contribution in [0.1, 0.15) is 12.8 Å². The predicted molar refractivity (Wildman–Crippen MR) is 46.6 cm³/mol. The number of rotatable bonds is 0. The number of nitrogens with zero attached hydrogens (tertiary/aromatic N) is 1. The van der Waals surface area contributed by atoms with Gasteiger partial charge in [0.2, 0.25) is 11.8 Å². The van der Waals surface area contributed by atoms with Crippen LogP contribution in [0.15, 0.2) is 30.6 Å². The van der Waals surface area contributed by atoms with Gasteiger partial charge in [-0.1, -0.05) is 6.07 Å². The van der Waals surface area contributed by atoms with E-state index in [-0.39, 0.29) is 11.8 Å². The Labute approximate surface area is 76.0 Å². The molecule has 0 saturated carbocycles. The fourth-order valence-electron chi connectivity index (χ4n) is 0.820. The first-order chi connectivity index (χ1) is 6.29. The second kappa shape index (κ2) is 5.03. The van der Waals surface area contributed by atoms with Crippen molar-refractivity contribution in [1.82, 2.24) is 10.3 Å². The minimum Gasteiger partial charge on any atom is -0.296 e. The smallest absolute Gasteiger partial charge is 0.227 e. The van der Waals surface area contributed by atoms with E-state index in [2.05, 4.69) is 10.3 Å². The first-order valence-electron chi connectivity index (χ1n) is 3.97. The number of imide groups is 1. The van der Waals surface area contributed by atoms with E-state index < -0.39 is 0 Å². The van der Waals surface area contributed by atoms with Crippen molar-refractivity contribution in [2.24, 2.45) is 0 Å². The summed E-state index contributed by atoms with van der Waals surface area (Å²) in [6.45, 7) is 0. The zero-order chi connectivity index (χ0) is 9.52. The number of aromatic nitrogens is 1. The van der Waals surface area contributed by atoms with Gasteiger partial charge in [-0.05, 0) is 12.1 Å². The Bertz CT molecular complexity index is 244. The van der Waals surface area contributed by atoms with Crippen LogP contribution in [0.3, 0.4) is 0 Å². The Morgan fingerprint density at radius 3 is 1.69 bits per heavy atom. The lowest BCUT2D eigenvalue weighted by Crippen LogP contribution is -2.18. The van der Waals surface area contributed by atoms with Crippen molar-refractivity contribution < 1.29 is 9.59 Å². The molecular formula is C9H10N2O2. The van der Waals surface area contributed by atoms with E-state index in [1.165, 1.54) is 0 Å². The van der Waals surface area contributed by atoms with Gasteiger partial charge in [0.25, 0.3) is 0 Å². The molecule has 0 atom stereocenters. The van der Waals surface area contributed by atoms with Gasteiger partial charge in [0.05, 0.1) is 0 Å². The van der Waals surface area contributed by atoms with E-state index in [9.17, 15) is 9.59 Å². The van der Waals surface area contributed by atoms with Crippen molar-refractivity contribution in [2.45, 2.75) is 12.8 Å². The van der Waals surface area contributed by atoms with Crippen LogP contribution in [0, 0.1) is 0 Å². The molecular weight excluding hydrogens is 168 g/mol. The maximum atomic E-state index is 10.1. The third-order valence-corrected chi connectivity index (χ3v) is 1.42. The molecule has 1 aromatic heterocycles. The van der Waals surface area contributed by atoms with Crippen molar-refractivity contribution in [2.75, 3.05) is 0 Å². The highest BCUT2D eigenvalue weighted by Gasteiger charge is 2.15. The van der Waals surface area contributed by atoms with E-state index in [1.807, 2.05) is 18.2 Å². The Hall–Kier alpha value is -1.71. The molecule has 1 aliphatic heterocycles. The van der Waals surface area contributed by atoms with Crippen LogP contribution in [0.4, 0.5) is 0 Å². The van der Waals surface area contributed by atoms with Crippen molar-refractivity contribution in [3.8, 4) is 0 Å². The van der Waals surface area contributed by atoms with Crippen molar-refractivity contribution in [1.29, 1.82) is 0 Å². The summed E-state index contributed by atoms with van der Waals surface area (Å²) in [5, 5.41) is 2.14. The van der Waals surface area contributed by atoms with Crippen LogP contribution in [-0.2, 0) is 9.59 Å². The quantitative estimate of drug-likeness (QED) is 0.589. The van der Waals surface area contributed by atoms with Gasteiger partial charge in [-0.25, -0.2) is 0 Å². The summed E-state index contributed by atoms with van der Waals surface area (Å²) >= 11 is 0. The van der Waals surface area contributed by atoms with Gasteiger partial charge in [0.1, 0.15) is 0 Å². The van der Waals surface area contributed by atoms with Crippen LogP contribution in [0.5, 0.6) is 0 Å². The van der Waals surface area contributed by atoms with Crippen molar-refractivity contribution in [3.63, 3.8) is 0 Å². The lowest BCUT2D eigenvalue weighted by atomic mass is 10.4. The van der Waals surface area contributed by atoms with E-state index in [0.717, 1.165) is 0 Å². The number of amides is 2. The van der Waals surface area contributed by atoms with Gasteiger partial charge < -0.3 is 0 Å². The topological polar surface area (TPSA) is 59.1 Å². The molecule has 4 heteroatoms. The zero-order valence-electron chi connectivity index (χ0n) is 7.06. The van der Waals surface area contributed by atoms with Crippen LogP contribution in [0.25, 0.3) is 0 Å². The summed E-state index contributed by atoms with van der Waals surface area (Å²) in [5.41, 5.74) is 0. The molecule has 4 nitrogen and oxygen atoms in total. The average molecular weight is 178 g/mol. The summed E-state index contributed by atoms with van der Waals surface area (Å²) in [6, 6.07) is 5.72. The average Bonchev–Trinajstić information content (AvgIpc) is 2.54. The number of hydrogen-bond acceptors (Lipinski definition) is 3. The van der Waals surface area contributed by atoms with Gasteiger partial charge in [-0.3, -0.25) is 19.9 Å². The Morgan fingerprint density at radius 2 is 1.54 bits per heavy atom. The van der Waals surface area contributed by atoms with Crippen LogP contribution in [-0.4, -0.2) is 16.8 Å². The minimum atomic E-state index is -0.148. The van der Waals surface area contributed by atoms with Gasteiger partial charge >= 0.3 is 0 Å². The molecule has 1 saturated heterocycles. The van der Waals surface area contributed by atoms with Crippen molar-refractivity contribution >= 4 is 11.8 Å². The van der Waals surface area contributed by atoms with Crippen LogP contribution < -0.4 is 5.32 Å². The largest absolute Gasteiger partial charge is 0.296 e. The van der Waals surface area contributed by atoms with E-state index in [4.69, 9.17) is 0 Å². The zero-order valence-corrected chi connectivity index (χ0v) is 7.06. The lowest BCUT2D eigenvalue weighted by molar-refractivity contribution is -0.124. The second-order valence-electron chi connectivity index (χ2n) is 2.50. The first-order valence-corrected chi connectivity index (χ1v) is 3.97. The number of pyridine rings is 1. The Kier molecular flexibility index (Phi) is 3.63. The van der Waals surface area contributed by atoms with E-state index >= 15 is 0 Å². The summed E-state index contributed by atoms with van der Waals surface area (Å²) in [7, 11) is 0. The molecule has 2 amide bonds. The highest BCUT2D eigenvalue weighted by atomic mass is 16.2. The fourth-order valence-corrected chi connectivity index (χ4v) is 0.820. The molecule has 0 bridgehead atoms. The number of nitrogens with one attached hydrogen (secondary N) is 1. The van der Waals surface area contributed by atoms with Gasteiger partial charge in [0.15, 0.2) is 0 Å². The van der Waals surface area contributed by atoms with Gasteiger partial charge in [-0.15, -0.1) is 0 Å². The lowest BCUT2D eigenvalue weighted by Gasteiger charge is -1.79. The molecule has 0 spiro atoms. The molecule has 1 fully saturated rings. The highest BCUT2D eigenvalue weighted by molar-refractivity contribution is 6.01. The van der Waals surface area contributed by atoms with Crippen molar-refractivity contribution in [3.05, 3.63) is 30.6 Å². The van der Waals surface area contributed by atoms with E-state index in [0.29, 0.717) is 12.8 Å². The summed E-state index contributed by atoms with van der Waals surface area (Å²) < 4.78 is 0. The normalized spacial score (nSPS) is 14.5. The minimum absolute atomic E-state index is 0.148. The number of carbonyl (C=O) groups excluding carboxylic acids is 2. The van der Waals surface area contributed by atoms with E-state index in [1.54, 1.807) is 12.4 Å². The SMILES string of the molecule is O=C1CCC(=O)N1.c1ccncc1. The monoisotopic (exact) mass is 178 g/mol. The maximum absolute atomic E-state index is 10.1. The first kappa shape index (κ1) is 9.38. The number of carbonyl (C=O) groups is 2. The Balaban J connectivity index is 0.000000132. The fraction of sp³-hybridized carbons (Fsp3) is 0.222. The van der Waals surface area contributed by atoms with Gasteiger partial charge in [0, 0.05) is 25.2 Å². The second-order valence-corrected chi connectivity index (χ2v) is 2.50. The summed E-state index contributed by atoms with van der Waals surface area (Å²) in [4.78, 5) is 24.0. The molecule has 1 N–H and O–H groups in total.